The molecule has 0 aliphatic heterocycles. The number of unbranched alkanes of at least 4 members (excludes halogenated alkanes) is 1. The number of carbonyl (C=O) groups is 2. The van der Waals surface area contributed by atoms with Crippen LogP contribution in [0.4, 0.5) is 5.69 Å². The molecule has 0 saturated heterocycles. The molecule has 0 bridgehead atoms. The van der Waals surface area contributed by atoms with Gasteiger partial charge < -0.3 is 20.1 Å². The lowest BCUT2D eigenvalue weighted by Gasteiger charge is -2.13. The smallest absolute Gasteiger partial charge is 0.259 e. The summed E-state index contributed by atoms with van der Waals surface area (Å²) in [4.78, 5) is 25.0. The second kappa shape index (κ2) is 11.5. The Morgan fingerprint density at radius 3 is 2.64 bits per heavy atom. The van der Waals surface area contributed by atoms with E-state index in [2.05, 4.69) is 33.5 Å². The van der Waals surface area contributed by atoms with E-state index in [4.69, 9.17) is 9.47 Å². The minimum atomic E-state index is -0.322. The molecule has 0 spiro atoms. The quantitative estimate of drug-likeness (QED) is 0.532. The molecule has 2 amide bonds. The topological polar surface area (TPSA) is 76.7 Å². The molecule has 0 aromatic heterocycles. The molecular weight excluding hydrogens is 424 g/mol. The summed E-state index contributed by atoms with van der Waals surface area (Å²) >= 11 is 3.38. The highest BCUT2D eigenvalue weighted by atomic mass is 79.9. The number of halogens is 1. The van der Waals surface area contributed by atoms with Crippen molar-refractivity contribution in [2.75, 3.05) is 32.2 Å². The van der Waals surface area contributed by atoms with E-state index in [9.17, 15) is 9.59 Å². The zero-order valence-corrected chi connectivity index (χ0v) is 17.7. The number of rotatable bonds is 10. The molecule has 6 nitrogen and oxygen atoms in total. The number of methoxy groups -OCH3 is 1. The van der Waals surface area contributed by atoms with Crippen LogP contribution in [0, 0.1) is 0 Å². The van der Waals surface area contributed by atoms with Crippen LogP contribution in [0.1, 0.15) is 40.5 Å². The number of ether oxygens (including phenoxy) is 2. The van der Waals surface area contributed by atoms with Gasteiger partial charge in [-0.1, -0.05) is 35.3 Å². The summed E-state index contributed by atoms with van der Waals surface area (Å²) in [5, 5.41) is 5.70. The van der Waals surface area contributed by atoms with E-state index in [1.807, 2.05) is 0 Å². The summed E-state index contributed by atoms with van der Waals surface area (Å²) in [5.74, 6) is -0.0148. The molecule has 0 saturated carbocycles. The fraction of sp³-hybridized carbons (Fsp3) is 0.333. The lowest BCUT2D eigenvalue weighted by atomic mass is 10.1. The Morgan fingerprint density at radius 2 is 1.89 bits per heavy atom. The monoisotopic (exact) mass is 448 g/mol. The summed E-state index contributed by atoms with van der Waals surface area (Å²) in [6, 6.07) is 12.1. The van der Waals surface area contributed by atoms with Crippen molar-refractivity contribution < 1.29 is 19.1 Å². The molecule has 0 aliphatic rings. The lowest BCUT2D eigenvalue weighted by Crippen LogP contribution is -2.24. The van der Waals surface area contributed by atoms with Crippen LogP contribution in [-0.4, -0.2) is 38.7 Å². The second-order valence-electron chi connectivity index (χ2n) is 6.13. The van der Waals surface area contributed by atoms with Gasteiger partial charge in [0.05, 0.1) is 12.2 Å². The predicted octanol–water partition coefficient (Wildman–Crippen LogP) is 4.26. The van der Waals surface area contributed by atoms with Crippen molar-refractivity contribution >= 4 is 33.4 Å². The molecule has 2 aromatic carbocycles. The third-order valence-electron chi connectivity index (χ3n) is 3.93. The average Bonchev–Trinajstić information content (AvgIpc) is 2.69. The molecule has 0 unspecified atom stereocenters. The van der Waals surface area contributed by atoms with Gasteiger partial charge in [0.1, 0.15) is 12.4 Å². The molecule has 28 heavy (non-hydrogen) atoms. The molecular formula is C21H25BrN2O4. The van der Waals surface area contributed by atoms with Gasteiger partial charge in [-0.2, -0.15) is 0 Å². The van der Waals surface area contributed by atoms with Crippen LogP contribution >= 0.6 is 15.9 Å². The first-order chi connectivity index (χ1) is 13.5. The summed E-state index contributed by atoms with van der Waals surface area (Å²) in [6.07, 6.45) is 1.94. The maximum absolute atomic E-state index is 12.8. The largest absolute Gasteiger partial charge is 0.490 e. The van der Waals surface area contributed by atoms with Crippen molar-refractivity contribution in [3.63, 3.8) is 0 Å². The Morgan fingerprint density at radius 1 is 1.07 bits per heavy atom. The van der Waals surface area contributed by atoms with E-state index in [-0.39, 0.29) is 11.8 Å². The molecule has 0 aliphatic carbocycles. The van der Waals surface area contributed by atoms with Gasteiger partial charge in [0, 0.05) is 29.4 Å². The summed E-state index contributed by atoms with van der Waals surface area (Å²) in [5.41, 5.74) is 1.43. The first-order valence-corrected chi connectivity index (χ1v) is 9.95. The molecule has 0 fully saturated rings. The molecule has 2 N–H and O–H groups in total. The lowest BCUT2D eigenvalue weighted by molar-refractivity contribution is 0.0951. The van der Waals surface area contributed by atoms with E-state index in [0.29, 0.717) is 42.3 Å². The molecule has 0 radical (unpaired) electrons. The number of benzene rings is 2. The van der Waals surface area contributed by atoms with Crippen molar-refractivity contribution in [1.82, 2.24) is 5.32 Å². The molecule has 2 aromatic rings. The van der Waals surface area contributed by atoms with Gasteiger partial charge in [-0.25, -0.2) is 0 Å². The number of hydrogen-bond donors (Lipinski definition) is 2. The van der Waals surface area contributed by atoms with E-state index in [0.717, 1.165) is 17.3 Å². The maximum atomic E-state index is 12.8. The predicted molar refractivity (Wildman–Crippen MR) is 113 cm³/mol. The fourth-order valence-electron chi connectivity index (χ4n) is 2.46. The van der Waals surface area contributed by atoms with Crippen molar-refractivity contribution in [2.24, 2.45) is 0 Å². The van der Waals surface area contributed by atoms with E-state index in [1.165, 1.54) is 0 Å². The van der Waals surface area contributed by atoms with Gasteiger partial charge >= 0.3 is 0 Å². The van der Waals surface area contributed by atoms with Crippen molar-refractivity contribution in [1.29, 1.82) is 0 Å². The standard InChI is InChI=1S/C21H25BrN2O4/c1-3-4-10-23-20(25)15-6-5-7-17(13-15)24-21(26)18-14-16(22)8-9-19(18)28-12-11-27-2/h5-9,13-14H,3-4,10-12H2,1-2H3,(H,23,25)(H,24,26). The number of hydrogen-bond acceptors (Lipinski definition) is 4. The van der Waals surface area contributed by atoms with Gasteiger partial charge in [0.15, 0.2) is 0 Å². The molecule has 0 atom stereocenters. The normalized spacial score (nSPS) is 10.4. The van der Waals surface area contributed by atoms with Crippen LogP contribution in [0.15, 0.2) is 46.9 Å². The summed E-state index contributed by atoms with van der Waals surface area (Å²) < 4.78 is 11.4. The van der Waals surface area contributed by atoms with E-state index in [1.54, 1.807) is 49.6 Å². The SMILES string of the molecule is CCCCNC(=O)c1cccc(NC(=O)c2cc(Br)ccc2OCCOC)c1. The molecule has 7 heteroatoms. The second-order valence-corrected chi connectivity index (χ2v) is 7.04. The van der Waals surface area contributed by atoms with Crippen molar-refractivity contribution in [3.8, 4) is 5.75 Å². The fourth-order valence-corrected chi connectivity index (χ4v) is 2.82. The maximum Gasteiger partial charge on any atom is 0.259 e. The third kappa shape index (κ3) is 6.65. The van der Waals surface area contributed by atoms with Gasteiger partial charge in [0.2, 0.25) is 0 Å². The van der Waals surface area contributed by atoms with Gasteiger partial charge in [-0.15, -0.1) is 0 Å². The van der Waals surface area contributed by atoms with Crippen molar-refractivity contribution in [3.05, 3.63) is 58.1 Å². The van der Waals surface area contributed by atoms with Crippen LogP contribution in [0.2, 0.25) is 0 Å². The van der Waals surface area contributed by atoms with E-state index >= 15 is 0 Å². The molecule has 0 heterocycles. The number of nitrogens with one attached hydrogen (secondary N) is 2. The van der Waals surface area contributed by atoms with Crippen LogP contribution in [0.5, 0.6) is 5.75 Å². The minimum absolute atomic E-state index is 0.157. The third-order valence-corrected chi connectivity index (χ3v) is 4.42. The zero-order valence-electron chi connectivity index (χ0n) is 16.1. The number of amides is 2. The minimum Gasteiger partial charge on any atom is -0.490 e. The first-order valence-electron chi connectivity index (χ1n) is 9.16. The number of carbonyl (C=O) groups excluding carboxylic acids is 2. The zero-order chi connectivity index (χ0) is 20.4. The van der Waals surface area contributed by atoms with Gasteiger partial charge in [-0.3, -0.25) is 9.59 Å². The van der Waals surface area contributed by atoms with Crippen LogP contribution in [0.3, 0.4) is 0 Å². The Hall–Kier alpha value is -2.38. The van der Waals surface area contributed by atoms with E-state index < -0.39 is 0 Å². The Labute approximate surface area is 173 Å². The highest BCUT2D eigenvalue weighted by Crippen LogP contribution is 2.24. The molecule has 150 valence electrons. The summed E-state index contributed by atoms with van der Waals surface area (Å²) in [6.45, 7) is 3.46. The highest BCUT2D eigenvalue weighted by molar-refractivity contribution is 9.10. The highest BCUT2D eigenvalue weighted by Gasteiger charge is 2.15. The molecule has 2 rings (SSSR count). The first kappa shape index (κ1) is 21.9. The Kier molecular flexibility index (Phi) is 8.97. The average molecular weight is 449 g/mol. The van der Waals surface area contributed by atoms with Gasteiger partial charge in [0.25, 0.3) is 11.8 Å². The summed E-state index contributed by atoms with van der Waals surface area (Å²) in [7, 11) is 1.59. The van der Waals surface area contributed by atoms with Crippen LogP contribution in [-0.2, 0) is 4.74 Å². The van der Waals surface area contributed by atoms with Gasteiger partial charge in [-0.05, 0) is 42.8 Å². The van der Waals surface area contributed by atoms with Crippen LogP contribution < -0.4 is 15.4 Å². The van der Waals surface area contributed by atoms with Crippen LogP contribution in [0.25, 0.3) is 0 Å². The Bertz CT molecular complexity index is 811. The number of anilines is 1. The van der Waals surface area contributed by atoms with Crippen molar-refractivity contribution in [2.45, 2.75) is 19.8 Å². The Balaban J connectivity index is 2.11.